The van der Waals surface area contributed by atoms with E-state index in [1.165, 1.54) is 6.92 Å². The number of benzene rings is 2. The minimum atomic E-state index is -3.88. The number of aryl methyl sites for hydroxylation is 1. The zero-order chi connectivity index (χ0) is 25.4. The van der Waals surface area contributed by atoms with Crippen molar-refractivity contribution >= 4 is 38.9 Å². The molecule has 0 fully saturated rings. The van der Waals surface area contributed by atoms with Crippen molar-refractivity contribution in [1.29, 1.82) is 0 Å². The quantitative estimate of drug-likeness (QED) is 0.201. The maximum atomic E-state index is 13.0. The monoisotopic (exact) mass is 504 g/mol. The first-order valence-corrected chi connectivity index (χ1v) is 12.3. The SMILES string of the molecule is Cc1cc(C(=O)C(C)OC(=O)c2ccc(S(C)(=O)=O)c([N+](=O)[O-])c2)c(C)n1-c1ccc(Cl)cc1. The number of carbonyl (C=O) groups excluding carboxylic acids is 2. The Morgan fingerprint density at radius 2 is 1.71 bits per heavy atom. The topological polar surface area (TPSA) is 126 Å². The number of esters is 1. The van der Waals surface area contributed by atoms with Gasteiger partial charge < -0.3 is 9.30 Å². The number of ketones is 1. The molecule has 1 heterocycles. The van der Waals surface area contributed by atoms with Gasteiger partial charge >= 0.3 is 5.97 Å². The van der Waals surface area contributed by atoms with E-state index in [1.54, 1.807) is 25.1 Å². The highest BCUT2D eigenvalue weighted by molar-refractivity contribution is 7.90. The molecule has 2 aromatic carbocycles. The van der Waals surface area contributed by atoms with Gasteiger partial charge in [0.2, 0.25) is 5.78 Å². The summed E-state index contributed by atoms with van der Waals surface area (Å²) >= 11 is 5.95. The van der Waals surface area contributed by atoms with Crippen LogP contribution in [0.1, 0.15) is 39.0 Å². The number of rotatable bonds is 7. The van der Waals surface area contributed by atoms with E-state index in [-0.39, 0.29) is 5.56 Å². The molecule has 178 valence electrons. The van der Waals surface area contributed by atoms with Gasteiger partial charge in [-0.25, -0.2) is 13.2 Å². The summed E-state index contributed by atoms with van der Waals surface area (Å²) in [6.45, 7) is 4.99. The second-order valence-electron chi connectivity index (χ2n) is 7.72. The third-order valence-corrected chi connectivity index (χ3v) is 6.62. The minimum absolute atomic E-state index is 0.245. The van der Waals surface area contributed by atoms with Gasteiger partial charge in [0, 0.05) is 40.0 Å². The first-order valence-electron chi connectivity index (χ1n) is 10.00. The van der Waals surface area contributed by atoms with Crippen LogP contribution in [0.15, 0.2) is 53.4 Å². The number of sulfone groups is 1. The molecule has 34 heavy (non-hydrogen) atoms. The van der Waals surface area contributed by atoms with Gasteiger partial charge in [-0.1, -0.05) is 11.6 Å². The summed E-state index contributed by atoms with van der Waals surface area (Å²) in [4.78, 5) is 35.5. The Labute approximate surface area is 201 Å². The highest BCUT2D eigenvalue weighted by Crippen LogP contribution is 2.27. The third kappa shape index (κ3) is 5.02. The molecule has 3 aromatic rings. The Kier molecular flexibility index (Phi) is 6.94. The fourth-order valence-corrected chi connectivity index (χ4v) is 4.56. The maximum absolute atomic E-state index is 13.0. The van der Waals surface area contributed by atoms with Gasteiger partial charge in [0.25, 0.3) is 5.69 Å². The Morgan fingerprint density at radius 1 is 1.09 bits per heavy atom. The molecule has 11 heteroatoms. The van der Waals surface area contributed by atoms with Crippen molar-refractivity contribution in [3.8, 4) is 5.69 Å². The zero-order valence-electron chi connectivity index (χ0n) is 18.7. The summed E-state index contributed by atoms with van der Waals surface area (Å²) in [5.74, 6) is -1.44. The molecule has 9 nitrogen and oxygen atoms in total. The van der Waals surface area contributed by atoms with Crippen molar-refractivity contribution in [2.45, 2.75) is 31.8 Å². The van der Waals surface area contributed by atoms with Crippen molar-refractivity contribution < 1.29 is 27.7 Å². The molecule has 0 aliphatic carbocycles. The van der Waals surface area contributed by atoms with Crippen LogP contribution < -0.4 is 0 Å². The second-order valence-corrected chi connectivity index (χ2v) is 10.1. The fraction of sp³-hybridized carbons (Fsp3) is 0.217. The fourth-order valence-electron chi connectivity index (χ4n) is 3.60. The van der Waals surface area contributed by atoms with Crippen molar-refractivity contribution in [3.63, 3.8) is 0 Å². The number of hydrogen-bond donors (Lipinski definition) is 0. The van der Waals surface area contributed by atoms with Crippen molar-refractivity contribution in [2.75, 3.05) is 6.26 Å². The number of ether oxygens (including phenoxy) is 1. The lowest BCUT2D eigenvalue weighted by Crippen LogP contribution is -2.25. The maximum Gasteiger partial charge on any atom is 0.339 e. The van der Waals surface area contributed by atoms with E-state index in [4.69, 9.17) is 16.3 Å². The molecule has 0 amide bonds. The lowest BCUT2D eigenvalue weighted by atomic mass is 10.1. The Morgan fingerprint density at radius 3 is 2.26 bits per heavy atom. The number of hydrogen-bond acceptors (Lipinski definition) is 7. The van der Waals surface area contributed by atoms with E-state index in [0.717, 1.165) is 35.8 Å². The molecule has 0 N–H and O–H groups in total. The molecule has 3 rings (SSSR count). The number of nitro benzene ring substituents is 1. The van der Waals surface area contributed by atoms with E-state index < -0.39 is 43.2 Å². The number of aromatic nitrogens is 1. The Hall–Kier alpha value is -3.50. The van der Waals surface area contributed by atoms with E-state index >= 15 is 0 Å². The van der Waals surface area contributed by atoms with E-state index in [2.05, 4.69) is 0 Å². The van der Waals surface area contributed by atoms with Gasteiger partial charge in [-0.2, -0.15) is 0 Å². The number of carbonyl (C=O) groups is 2. The lowest BCUT2D eigenvalue weighted by molar-refractivity contribution is -0.387. The van der Waals surface area contributed by atoms with Crippen molar-refractivity contribution in [3.05, 3.63) is 86.2 Å². The van der Waals surface area contributed by atoms with E-state index in [1.807, 2.05) is 23.6 Å². The number of nitrogens with zero attached hydrogens (tertiary/aromatic N) is 2. The predicted molar refractivity (Wildman–Crippen MR) is 126 cm³/mol. The first kappa shape index (κ1) is 25.1. The van der Waals surface area contributed by atoms with Crippen LogP contribution >= 0.6 is 11.6 Å². The van der Waals surface area contributed by atoms with Gasteiger partial charge in [-0.15, -0.1) is 0 Å². The number of Topliss-reactive ketones (excluding diaryl/α,β-unsaturated/α-hetero) is 1. The highest BCUT2D eigenvalue weighted by Gasteiger charge is 2.28. The molecule has 0 saturated heterocycles. The minimum Gasteiger partial charge on any atom is -0.451 e. The third-order valence-electron chi connectivity index (χ3n) is 5.23. The normalized spacial score (nSPS) is 12.3. The van der Waals surface area contributed by atoms with Crippen LogP contribution in [0.5, 0.6) is 0 Å². The molecule has 1 unspecified atom stereocenters. The van der Waals surface area contributed by atoms with Crippen molar-refractivity contribution in [2.24, 2.45) is 0 Å². The van der Waals surface area contributed by atoms with Gasteiger partial charge in [-0.05, 0) is 63.2 Å². The first-order chi connectivity index (χ1) is 15.8. The second kappa shape index (κ2) is 9.40. The summed E-state index contributed by atoms with van der Waals surface area (Å²) in [6, 6.07) is 11.7. The molecule has 1 atom stereocenters. The molecular formula is C23H21ClN2O7S. The number of halogens is 1. The summed E-state index contributed by atoms with van der Waals surface area (Å²) in [7, 11) is -3.88. The largest absolute Gasteiger partial charge is 0.451 e. The number of nitro groups is 1. The van der Waals surface area contributed by atoms with Gasteiger partial charge in [0.05, 0.1) is 10.5 Å². The summed E-state index contributed by atoms with van der Waals surface area (Å²) < 4.78 is 30.7. The Balaban J connectivity index is 1.86. The van der Waals surface area contributed by atoms with Gasteiger partial charge in [0.1, 0.15) is 4.90 Å². The highest BCUT2D eigenvalue weighted by atomic mass is 35.5. The van der Waals surface area contributed by atoms with E-state index in [0.29, 0.717) is 16.3 Å². The Bertz CT molecular complexity index is 1410. The molecule has 1 aromatic heterocycles. The smallest absolute Gasteiger partial charge is 0.339 e. The van der Waals surface area contributed by atoms with Gasteiger partial charge in [-0.3, -0.25) is 14.9 Å². The van der Waals surface area contributed by atoms with Crippen LogP contribution in [-0.4, -0.2) is 42.0 Å². The molecule has 0 spiro atoms. The molecule has 0 radical (unpaired) electrons. The summed E-state index contributed by atoms with van der Waals surface area (Å²) in [5, 5.41) is 11.9. The standard InChI is InChI=1S/C23H21ClN2O7S/c1-13-11-19(14(2)25(13)18-8-6-17(24)7-9-18)22(27)15(3)33-23(28)16-5-10-21(34(4,31)32)20(12-16)26(29)30/h5-12,15H,1-4H3. The van der Waals surface area contributed by atoms with Crippen LogP contribution in [0.25, 0.3) is 5.69 Å². The average Bonchev–Trinajstić information content (AvgIpc) is 3.06. The van der Waals surface area contributed by atoms with Crippen LogP contribution in [0.4, 0.5) is 5.69 Å². The van der Waals surface area contributed by atoms with Crippen LogP contribution in [0.2, 0.25) is 5.02 Å². The molecule has 0 bridgehead atoms. The molecular weight excluding hydrogens is 484 g/mol. The summed E-state index contributed by atoms with van der Waals surface area (Å²) in [6.07, 6.45) is -0.366. The average molecular weight is 505 g/mol. The van der Waals surface area contributed by atoms with Crippen LogP contribution in [0.3, 0.4) is 0 Å². The predicted octanol–water partition coefficient (Wildman–Crippen LogP) is 4.49. The summed E-state index contributed by atoms with van der Waals surface area (Å²) in [5.41, 5.74) is 1.59. The van der Waals surface area contributed by atoms with Crippen LogP contribution in [0, 0.1) is 24.0 Å². The molecule has 0 aliphatic heterocycles. The van der Waals surface area contributed by atoms with Gasteiger partial charge in [0.15, 0.2) is 15.9 Å². The van der Waals surface area contributed by atoms with Crippen LogP contribution in [-0.2, 0) is 14.6 Å². The molecule has 0 saturated carbocycles. The zero-order valence-corrected chi connectivity index (χ0v) is 20.3. The molecule has 0 aliphatic rings. The lowest BCUT2D eigenvalue weighted by Gasteiger charge is -2.14. The van der Waals surface area contributed by atoms with E-state index in [9.17, 15) is 28.1 Å². The van der Waals surface area contributed by atoms with Crippen molar-refractivity contribution in [1.82, 2.24) is 4.57 Å².